The van der Waals surface area contributed by atoms with Crippen LogP contribution in [0.3, 0.4) is 0 Å². The van der Waals surface area contributed by atoms with Crippen molar-refractivity contribution >= 4 is 27.3 Å². The highest BCUT2D eigenvalue weighted by atomic mass is 35.5. The Morgan fingerprint density at radius 2 is 1.93 bits per heavy atom. The molecular weight excluding hydrogens is 400 g/mol. The fraction of sp³-hybridized carbons (Fsp3) is 0.450. The van der Waals surface area contributed by atoms with Gasteiger partial charge < -0.3 is 14.2 Å². The van der Waals surface area contributed by atoms with E-state index >= 15 is 0 Å². The number of carbonyl (C=O) groups excluding carboxylic acids is 1. The Bertz CT molecular complexity index is 939. The van der Waals surface area contributed by atoms with Gasteiger partial charge in [-0.05, 0) is 57.7 Å². The molecule has 6 nitrogen and oxygen atoms in total. The minimum Gasteiger partial charge on any atom is -0.451 e. The van der Waals surface area contributed by atoms with Crippen LogP contribution >= 0.6 is 11.6 Å². The van der Waals surface area contributed by atoms with Crippen molar-refractivity contribution in [3.8, 4) is 11.3 Å². The molecule has 2 heterocycles. The third kappa shape index (κ3) is 4.96. The van der Waals surface area contributed by atoms with Gasteiger partial charge in [0.05, 0.1) is 16.5 Å². The lowest BCUT2D eigenvalue weighted by Crippen LogP contribution is -2.42. The van der Waals surface area contributed by atoms with Gasteiger partial charge in [0.15, 0.2) is 15.6 Å². The van der Waals surface area contributed by atoms with E-state index in [0.717, 1.165) is 13.0 Å². The van der Waals surface area contributed by atoms with Crippen molar-refractivity contribution in [2.75, 3.05) is 38.7 Å². The van der Waals surface area contributed by atoms with Crippen LogP contribution in [0.5, 0.6) is 0 Å². The molecule has 1 aliphatic heterocycles. The first-order valence-electron chi connectivity index (χ1n) is 9.28. The van der Waals surface area contributed by atoms with Crippen molar-refractivity contribution in [2.45, 2.75) is 18.9 Å². The SMILES string of the molecule is CN(C)CCCN(C(=O)c1ccc(-c2ccccc2Cl)o1)C1CCS(=O)(=O)C1. The van der Waals surface area contributed by atoms with E-state index in [1.807, 2.05) is 37.2 Å². The van der Waals surface area contributed by atoms with Gasteiger partial charge in [0.2, 0.25) is 0 Å². The van der Waals surface area contributed by atoms with E-state index in [2.05, 4.69) is 0 Å². The van der Waals surface area contributed by atoms with Crippen LogP contribution in [0.1, 0.15) is 23.4 Å². The lowest BCUT2D eigenvalue weighted by molar-refractivity contribution is 0.0658. The number of carbonyl (C=O) groups is 1. The van der Waals surface area contributed by atoms with Crippen LogP contribution in [-0.2, 0) is 9.84 Å². The molecule has 3 rings (SSSR count). The highest BCUT2D eigenvalue weighted by Crippen LogP contribution is 2.30. The summed E-state index contributed by atoms with van der Waals surface area (Å²) in [4.78, 5) is 16.8. The minimum absolute atomic E-state index is 0.0127. The van der Waals surface area contributed by atoms with Gasteiger partial charge in [-0.1, -0.05) is 23.7 Å². The van der Waals surface area contributed by atoms with E-state index in [4.69, 9.17) is 16.0 Å². The summed E-state index contributed by atoms with van der Waals surface area (Å²) in [5.41, 5.74) is 0.714. The molecule has 0 saturated carbocycles. The molecule has 2 aromatic rings. The Morgan fingerprint density at radius 3 is 2.57 bits per heavy atom. The molecule has 1 aliphatic rings. The highest BCUT2D eigenvalue weighted by molar-refractivity contribution is 7.91. The van der Waals surface area contributed by atoms with E-state index in [-0.39, 0.29) is 29.2 Å². The van der Waals surface area contributed by atoms with Crippen molar-refractivity contribution < 1.29 is 17.6 Å². The van der Waals surface area contributed by atoms with Crippen LogP contribution < -0.4 is 0 Å². The van der Waals surface area contributed by atoms with Gasteiger partial charge >= 0.3 is 0 Å². The van der Waals surface area contributed by atoms with Crippen molar-refractivity contribution in [1.82, 2.24) is 9.80 Å². The summed E-state index contributed by atoms with van der Waals surface area (Å²) in [5, 5.41) is 0.542. The second-order valence-electron chi connectivity index (χ2n) is 7.36. The summed E-state index contributed by atoms with van der Waals surface area (Å²) in [5.74, 6) is 0.571. The van der Waals surface area contributed by atoms with E-state index < -0.39 is 9.84 Å². The molecule has 0 aliphatic carbocycles. The van der Waals surface area contributed by atoms with Gasteiger partial charge in [-0.2, -0.15) is 0 Å². The average molecular weight is 425 g/mol. The number of benzene rings is 1. The maximum Gasteiger partial charge on any atom is 0.289 e. The number of halogens is 1. The molecule has 0 N–H and O–H groups in total. The zero-order chi connectivity index (χ0) is 20.3. The number of hydrogen-bond donors (Lipinski definition) is 0. The molecule has 1 fully saturated rings. The van der Waals surface area contributed by atoms with Crippen LogP contribution in [0.4, 0.5) is 0 Å². The predicted octanol–water partition coefficient (Wildman–Crippen LogP) is 3.18. The van der Waals surface area contributed by atoms with Crippen LogP contribution in [0, 0.1) is 0 Å². The van der Waals surface area contributed by atoms with Gasteiger partial charge in [-0.3, -0.25) is 4.79 Å². The van der Waals surface area contributed by atoms with Crippen molar-refractivity contribution in [2.24, 2.45) is 0 Å². The van der Waals surface area contributed by atoms with Crippen molar-refractivity contribution in [3.63, 3.8) is 0 Å². The second kappa shape index (κ2) is 8.68. The van der Waals surface area contributed by atoms with Gasteiger partial charge in [0.1, 0.15) is 5.76 Å². The zero-order valence-corrected chi connectivity index (χ0v) is 17.7. The Balaban J connectivity index is 1.81. The summed E-state index contributed by atoms with van der Waals surface area (Å²) >= 11 is 6.22. The molecule has 0 radical (unpaired) electrons. The number of nitrogens with zero attached hydrogens (tertiary/aromatic N) is 2. The molecule has 152 valence electrons. The van der Waals surface area contributed by atoms with E-state index in [1.54, 1.807) is 23.1 Å². The molecule has 1 aromatic carbocycles. The van der Waals surface area contributed by atoms with Crippen LogP contribution in [-0.4, -0.2) is 68.9 Å². The maximum atomic E-state index is 13.1. The lowest BCUT2D eigenvalue weighted by atomic mass is 10.2. The molecule has 1 atom stereocenters. The van der Waals surface area contributed by atoms with E-state index in [0.29, 0.717) is 29.3 Å². The quantitative estimate of drug-likeness (QED) is 0.682. The topological polar surface area (TPSA) is 70.8 Å². The highest BCUT2D eigenvalue weighted by Gasteiger charge is 2.35. The second-order valence-corrected chi connectivity index (χ2v) is 9.99. The molecule has 1 saturated heterocycles. The molecule has 1 aromatic heterocycles. The van der Waals surface area contributed by atoms with Gasteiger partial charge in [-0.25, -0.2) is 8.42 Å². The monoisotopic (exact) mass is 424 g/mol. The van der Waals surface area contributed by atoms with E-state index in [1.165, 1.54) is 0 Å². The largest absolute Gasteiger partial charge is 0.451 e. The number of sulfone groups is 1. The number of rotatable bonds is 7. The normalized spacial score (nSPS) is 18.5. The number of hydrogen-bond acceptors (Lipinski definition) is 5. The predicted molar refractivity (Wildman–Crippen MR) is 110 cm³/mol. The first-order chi connectivity index (χ1) is 13.3. The summed E-state index contributed by atoms with van der Waals surface area (Å²) < 4.78 is 29.7. The fourth-order valence-corrected chi connectivity index (χ4v) is 5.39. The lowest BCUT2D eigenvalue weighted by Gasteiger charge is -2.28. The Labute approximate surface area is 171 Å². The van der Waals surface area contributed by atoms with Crippen molar-refractivity contribution in [1.29, 1.82) is 0 Å². The summed E-state index contributed by atoms with van der Waals surface area (Å²) in [6.45, 7) is 1.30. The van der Waals surface area contributed by atoms with Gasteiger partial charge in [-0.15, -0.1) is 0 Å². The average Bonchev–Trinajstić information content (AvgIpc) is 3.25. The number of furan rings is 1. The van der Waals surface area contributed by atoms with Crippen molar-refractivity contribution in [3.05, 3.63) is 47.2 Å². The maximum absolute atomic E-state index is 13.1. The van der Waals surface area contributed by atoms with Crippen LogP contribution in [0.25, 0.3) is 11.3 Å². The van der Waals surface area contributed by atoms with E-state index in [9.17, 15) is 13.2 Å². The molecule has 0 bridgehead atoms. The first-order valence-corrected chi connectivity index (χ1v) is 11.5. The smallest absolute Gasteiger partial charge is 0.289 e. The molecule has 1 unspecified atom stereocenters. The van der Waals surface area contributed by atoms with Crippen LogP contribution in [0.15, 0.2) is 40.8 Å². The molecule has 28 heavy (non-hydrogen) atoms. The summed E-state index contributed by atoms with van der Waals surface area (Å²) in [7, 11) is 0.840. The summed E-state index contributed by atoms with van der Waals surface area (Å²) in [6, 6.07) is 10.3. The molecule has 1 amide bonds. The number of amides is 1. The molecular formula is C20H25ClN2O4S. The Hall–Kier alpha value is -1.83. The minimum atomic E-state index is -3.09. The Morgan fingerprint density at radius 1 is 1.18 bits per heavy atom. The summed E-state index contributed by atoms with van der Waals surface area (Å²) in [6.07, 6.45) is 1.22. The fourth-order valence-electron chi connectivity index (χ4n) is 3.43. The van der Waals surface area contributed by atoms with Gasteiger partial charge in [0, 0.05) is 18.2 Å². The molecule has 8 heteroatoms. The Kier molecular flexibility index (Phi) is 6.47. The third-order valence-corrected chi connectivity index (χ3v) is 6.95. The third-order valence-electron chi connectivity index (χ3n) is 4.87. The standard InChI is InChI=1S/C20H25ClN2O4S/c1-22(2)11-5-12-23(15-10-13-28(25,26)14-15)20(24)19-9-8-18(27-19)16-6-3-4-7-17(16)21/h3-4,6-9,15H,5,10-14H2,1-2H3. The first kappa shape index (κ1) is 20.9. The molecule has 0 spiro atoms. The van der Waals surface area contributed by atoms with Crippen LogP contribution in [0.2, 0.25) is 5.02 Å². The zero-order valence-electron chi connectivity index (χ0n) is 16.1. The van der Waals surface area contributed by atoms with Gasteiger partial charge in [0.25, 0.3) is 5.91 Å².